The van der Waals surface area contributed by atoms with E-state index < -0.39 is 18.1 Å². The van der Waals surface area contributed by atoms with Crippen LogP contribution >= 0.6 is 0 Å². The minimum atomic E-state index is -0.833. The Balaban J connectivity index is 2.81. The van der Waals surface area contributed by atoms with Gasteiger partial charge in [0.25, 0.3) is 0 Å². The number of hydrogen-bond acceptors (Lipinski definition) is 4. The first kappa shape index (κ1) is 9.83. The van der Waals surface area contributed by atoms with Gasteiger partial charge in [-0.1, -0.05) is 12.0 Å². The third-order valence-electron chi connectivity index (χ3n) is 2.04. The molecule has 0 N–H and O–H groups in total. The second kappa shape index (κ2) is 4.11. The van der Waals surface area contributed by atoms with E-state index in [-0.39, 0.29) is 6.10 Å². The number of cyclic esters (lactones) is 1. The standard InChI is InChI=1S/C7H11N3O3/c1-3-4-6(12-2)5(9-10-8)7(11)13-4/h4-6H,3H2,1-2H3/t4-,5+,6+/m1/s1. The summed E-state index contributed by atoms with van der Waals surface area (Å²) in [5, 5.41) is 3.34. The molecule has 0 amide bonds. The summed E-state index contributed by atoms with van der Waals surface area (Å²) >= 11 is 0. The molecule has 1 fully saturated rings. The number of carbonyl (C=O) groups is 1. The summed E-state index contributed by atoms with van der Waals surface area (Å²) in [6.07, 6.45) is -0.0942. The average molecular weight is 185 g/mol. The third kappa shape index (κ3) is 1.74. The van der Waals surface area contributed by atoms with Crippen LogP contribution in [0.4, 0.5) is 0 Å². The molecule has 0 radical (unpaired) electrons. The van der Waals surface area contributed by atoms with Gasteiger partial charge in [-0.3, -0.25) is 4.79 Å². The van der Waals surface area contributed by atoms with E-state index in [2.05, 4.69) is 10.0 Å². The zero-order valence-electron chi connectivity index (χ0n) is 7.51. The van der Waals surface area contributed by atoms with Gasteiger partial charge in [0.05, 0.1) is 0 Å². The molecule has 1 aliphatic heterocycles. The molecule has 6 heteroatoms. The molecule has 0 aromatic rings. The molecule has 1 aliphatic rings. The second-order valence-corrected chi connectivity index (χ2v) is 2.73. The van der Waals surface area contributed by atoms with E-state index in [1.165, 1.54) is 7.11 Å². The molecule has 6 nitrogen and oxygen atoms in total. The van der Waals surface area contributed by atoms with Crippen molar-refractivity contribution in [2.24, 2.45) is 5.11 Å². The van der Waals surface area contributed by atoms with Crippen LogP contribution in [0.2, 0.25) is 0 Å². The molecule has 1 heterocycles. The van der Waals surface area contributed by atoms with E-state index in [4.69, 9.17) is 15.0 Å². The fourth-order valence-electron chi connectivity index (χ4n) is 1.39. The Labute approximate surface area is 75.4 Å². The second-order valence-electron chi connectivity index (χ2n) is 2.73. The lowest BCUT2D eigenvalue weighted by molar-refractivity contribution is -0.142. The topological polar surface area (TPSA) is 84.3 Å². The lowest BCUT2D eigenvalue weighted by Gasteiger charge is -2.15. The molecule has 13 heavy (non-hydrogen) atoms. The van der Waals surface area contributed by atoms with Crippen LogP contribution in [0, 0.1) is 0 Å². The summed E-state index contributed by atoms with van der Waals surface area (Å²) in [6, 6.07) is -0.833. The molecule has 72 valence electrons. The molecule has 0 saturated carbocycles. The molecule has 0 spiro atoms. The highest BCUT2D eigenvalue weighted by atomic mass is 16.6. The van der Waals surface area contributed by atoms with Gasteiger partial charge in [-0.25, -0.2) is 0 Å². The summed E-state index contributed by atoms with van der Waals surface area (Å²) < 4.78 is 9.99. The van der Waals surface area contributed by atoms with Gasteiger partial charge in [-0.15, -0.1) is 0 Å². The van der Waals surface area contributed by atoms with Crippen LogP contribution in [0.15, 0.2) is 5.11 Å². The van der Waals surface area contributed by atoms with E-state index in [1.807, 2.05) is 6.92 Å². The Morgan fingerprint density at radius 1 is 1.77 bits per heavy atom. The molecule has 0 bridgehead atoms. The predicted octanol–water partition coefficient (Wildman–Crippen LogP) is 1.02. The van der Waals surface area contributed by atoms with Crippen molar-refractivity contribution in [3.05, 3.63) is 10.4 Å². The number of azide groups is 1. The van der Waals surface area contributed by atoms with Gasteiger partial charge >= 0.3 is 5.97 Å². The van der Waals surface area contributed by atoms with E-state index in [1.54, 1.807) is 0 Å². The SMILES string of the molecule is CC[C@H]1OC(=O)[C@@H](N=[N+]=[N-])[C@H]1OC. The summed E-state index contributed by atoms with van der Waals surface area (Å²) in [5.41, 5.74) is 8.21. The molecule has 0 aliphatic carbocycles. The quantitative estimate of drug-likeness (QED) is 0.284. The lowest BCUT2D eigenvalue weighted by atomic mass is 10.1. The van der Waals surface area contributed by atoms with E-state index in [0.717, 1.165) is 0 Å². The number of hydrogen-bond donors (Lipinski definition) is 0. The molecular formula is C7H11N3O3. The first-order valence-electron chi connectivity index (χ1n) is 4.02. The fourth-order valence-corrected chi connectivity index (χ4v) is 1.39. The first-order chi connectivity index (χ1) is 6.24. The third-order valence-corrected chi connectivity index (χ3v) is 2.04. The highest BCUT2D eigenvalue weighted by molar-refractivity contribution is 5.79. The van der Waals surface area contributed by atoms with Gasteiger partial charge in [-0.05, 0) is 12.0 Å². The number of nitrogens with zero attached hydrogens (tertiary/aromatic N) is 3. The summed E-state index contributed by atoms with van der Waals surface area (Å²) in [5.74, 6) is -0.503. The van der Waals surface area contributed by atoms with Gasteiger partial charge < -0.3 is 9.47 Å². The Hall–Kier alpha value is -1.26. The van der Waals surface area contributed by atoms with Crippen LogP contribution in [0.3, 0.4) is 0 Å². The number of rotatable bonds is 3. The smallest absolute Gasteiger partial charge is 0.318 e. The molecule has 1 rings (SSSR count). The number of ether oxygens (including phenoxy) is 2. The highest BCUT2D eigenvalue weighted by Gasteiger charge is 2.43. The van der Waals surface area contributed by atoms with Gasteiger partial charge in [-0.2, -0.15) is 0 Å². The van der Waals surface area contributed by atoms with Crippen molar-refractivity contribution in [2.45, 2.75) is 31.6 Å². The molecule has 3 atom stereocenters. The minimum absolute atomic E-state index is 0.298. The van der Waals surface area contributed by atoms with Gasteiger partial charge in [0, 0.05) is 12.0 Å². The Bertz CT molecular complexity index is 249. The molecular weight excluding hydrogens is 174 g/mol. The van der Waals surface area contributed by atoms with Gasteiger partial charge in [0.15, 0.2) is 6.04 Å². The summed E-state index contributed by atoms with van der Waals surface area (Å²) in [6.45, 7) is 1.88. The summed E-state index contributed by atoms with van der Waals surface area (Å²) in [7, 11) is 1.47. The van der Waals surface area contributed by atoms with Crippen LogP contribution in [-0.4, -0.2) is 31.3 Å². The molecule has 0 unspecified atom stereocenters. The number of carbonyl (C=O) groups excluding carboxylic acids is 1. The zero-order chi connectivity index (χ0) is 9.84. The molecule has 1 saturated heterocycles. The van der Waals surface area contributed by atoms with Crippen molar-refractivity contribution < 1.29 is 14.3 Å². The normalized spacial score (nSPS) is 32.5. The fraction of sp³-hybridized carbons (Fsp3) is 0.857. The minimum Gasteiger partial charge on any atom is -0.459 e. The average Bonchev–Trinajstić information content (AvgIpc) is 2.44. The van der Waals surface area contributed by atoms with E-state index >= 15 is 0 Å². The first-order valence-corrected chi connectivity index (χ1v) is 4.02. The van der Waals surface area contributed by atoms with Gasteiger partial charge in [0.2, 0.25) is 0 Å². The van der Waals surface area contributed by atoms with Crippen LogP contribution in [0.25, 0.3) is 10.4 Å². The molecule has 0 aromatic heterocycles. The van der Waals surface area contributed by atoms with Gasteiger partial charge in [0.1, 0.15) is 12.2 Å². The zero-order valence-corrected chi connectivity index (χ0v) is 7.51. The van der Waals surface area contributed by atoms with Crippen LogP contribution < -0.4 is 0 Å². The highest BCUT2D eigenvalue weighted by Crippen LogP contribution is 2.23. The maximum Gasteiger partial charge on any atom is 0.318 e. The lowest BCUT2D eigenvalue weighted by Crippen LogP contribution is -2.31. The molecule has 0 aromatic carbocycles. The number of methoxy groups -OCH3 is 1. The number of esters is 1. The van der Waals surface area contributed by atoms with E-state index in [9.17, 15) is 4.79 Å². The Kier molecular flexibility index (Phi) is 3.11. The Morgan fingerprint density at radius 3 is 2.92 bits per heavy atom. The maximum atomic E-state index is 11.1. The van der Waals surface area contributed by atoms with Crippen molar-refractivity contribution >= 4 is 5.97 Å². The van der Waals surface area contributed by atoms with Crippen molar-refractivity contribution in [3.63, 3.8) is 0 Å². The van der Waals surface area contributed by atoms with Crippen molar-refractivity contribution in [1.29, 1.82) is 0 Å². The van der Waals surface area contributed by atoms with Crippen LogP contribution in [0.5, 0.6) is 0 Å². The summed E-state index contributed by atoms with van der Waals surface area (Å²) in [4.78, 5) is 13.7. The van der Waals surface area contributed by atoms with Crippen molar-refractivity contribution in [1.82, 2.24) is 0 Å². The predicted molar refractivity (Wildman–Crippen MR) is 43.9 cm³/mol. The van der Waals surface area contributed by atoms with Crippen molar-refractivity contribution in [3.8, 4) is 0 Å². The monoisotopic (exact) mass is 185 g/mol. The van der Waals surface area contributed by atoms with E-state index in [0.29, 0.717) is 6.42 Å². The maximum absolute atomic E-state index is 11.1. The van der Waals surface area contributed by atoms with Crippen molar-refractivity contribution in [2.75, 3.05) is 7.11 Å². The van der Waals surface area contributed by atoms with Crippen LogP contribution in [-0.2, 0) is 14.3 Å². The largest absolute Gasteiger partial charge is 0.459 e. The van der Waals surface area contributed by atoms with Crippen LogP contribution in [0.1, 0.15) is 13.3 Å². The Morgan fingerprint density at radius 2 is 2.46 bits per heavy atom.